The summed E-state index contributed by atoms with van der Waals surface area (Å²) in [6, 6.07) is 70.7. The maximum absolute atomic E-state index is 2.52. The minimum absolute atomic E-state index is 0.0418. The molecule has 0 radical (unpaired) electrons. The highest BCUT2D eigenvalue weighted by Crippen LogP contribution is 2.65. The van der Waals surface area contributed by atoms with Gasteiger partial charge in [0.1, 0.15) is 0 Å². The van der Waals surface area contributed by atoms with Gasteiger partial charge in [-0.25, -0.2) is 0 Å². The number of benzene rings is 11. The Labute approximate surface area is 438 Å². The Kier molecular flexibility index (Phi) is 9.99. The van der Waals surface area contributed by atoms with Gasteiger partial charge in [0, 0.05) is 0 Å². The van der Waals surface area contributed by atoms with Crippen LogP contribution in [0.5, 0.6) is 0 Å². The van der Waals surface area contributed by atoms with E-state index in [0.29, 0.717) is 0 Å². The molecule has 0 spiro atoms. The highest BCUT2D eigenvalue weighted by molar-refractivity contribution is 6.35. The van der Waals surface area contributed by atoms with Gasteiger partial charge in [0.05, 0.1) is 0 Å². The molecule has 0 bridgehead atoms. The van der Waals surface area contributed by atoms with Crippen molar-refractivity contribution in [2.24, 2.45) is 0 Å². The first-order valence-corrected chi connectivity index (χ1v) is 26.9. The van der Waals surface area contributed by atoms with Crippen molar-refractivity contribution in [3.05, 3.63) is 204 Å². The standard InChI is InChI=1S/C74H66/c1-71(2,3)49-35-47(36-50(41-49)72(4,5)6)63-54-30-22-21-29-53(54)61(43-23-15-13-16-24-43)67-55-31-32-56-66-58(34-33-57(65(55)66)69(63)67)70-64(48-37-51(73(7,8)9)42-52(38-48)74(10,11)12)60-40-46-28-20-19-27-45(46)39-59(60)62(68(56)70)44-25-17-14-18-26-44/h13-42H,1-12H3. The topological polar surface area (TPSA) is 0 Å². The minimum atomic E-state index is -0.0548. The Morgan fingerprint density at radius 2 is 0.486 bits per heavy atom. The highest BCUT2D eigenvalue weighted by atomic mass is 14.4. The minimum Gasteiger partial charge on any atom is -0.0622 e. The lowest BCUT2D eigenvalue weighted by atomic mass is 9.76. The van der Waals surface area contributed by atoms with E-state index in [1.807, 2.05) is 0 Å². The van der Waals surface area contributed by atoms with Gasteiger partial charge >= 0.3 is 0 Å². The fourth-order valence-corrected chi connectivity index (χ4v) is 12.7. The molecule has 362 valence electrons. The summed E-state index contributed by atoms with van der Waals surface area (Å²) < 4.78 is 0. The molecule has 11 aromatic carbocycles. The smallest absolute Gasteiger partial charge is 0.000740 e. The van der Waals surface area contributed by atoms with Gasteiger partial charge in [-0.15, -0.1) is 0 Å². The number of fused-ring (bicyclic) bond motifs is 9. The van der Waals surface area contributed by atoms with Crippen LogP contribution in [-0.2, 0) is 21.7 Å². The van der Waals surface area contributed by atoms with Crippen LogP contribution in [0.1, 0.15) is 105 Å². The zero-order valence-corrected chi connectivity index (χ0v) is 45.3. The van der Waals surface area contributed by atoms with E-state index in [2.05, 4.69) is 265 Å². The summed E-state index contributed by atoms with van der Waals surface area (Å²) in [5.41, 5.74) is 26.2. The van der Waals surface area contributed by atoms with E-state index in [1.54, 1.807) is 0 Å². The third-order valence-corrected chi connectivity index (χ3v) is 16.7. The van der Waals surface area contributed by atoms with E-state index in [-0.39, 0.29) is 21.7 Å². The second-order valence-electron chi connectivity index (χ2n) is 25.7. The van der Waals surface area contributed by atoms with Crippen LogP contribution in [-0.4, -0.2) is 0 Å². The normalized spacial score (nSPS) is 13.1. The molecule has 11 aromatic rings. The van der Waals surface area contributed by atoms with Gasteiger partial charge in [-0.2, -0.15) is 0 Å². The molecule has 0 atom stereocenters. The summed E-state index contributed by atoms with van der Waals surface area (Å²) >= 11 is 0. The van der Waals surface area contributed by atoms with Gasteiger partial charge in [-0.05, 0) is 188 Å². The molecule has 0 aliphatic heterocycles. The Morgan fingerprint density at radius 1 is 0.216 bits per heavy atom. The number of hydrogen-bond acceptors (Lipinski definition) is 0. The molecular formula is C74H66. The van der Waals surface area contributed by atoms with Gasteiger partial charge in [-0.1, -0.05) is 253 Å². The van der Waals surface area contributed by atoms with Crippen molar-refractivity contribution in [1.82, 2.24) is 0 Å². The lowest BCUT2D eigenvalue weighted by Crippen LogP contribution is -2.16. The monoisotopic (exact) mass is 955 g/mol. The maximum Gasteiger partial charge on any atom is -0.000740 e. The lowest BCUT2D eigenvalue weighted by molar-refractivity contribution is 0.568. The predicted octanol–water partition coefficient (Wildman–Crippen LogP) is 21.5. The summed E-state index contributed by atoms with van der Waals surface area (Å²) in [6.45, 7) is 28.4. The molecule has 13 rings (SSSR count). The fraction of sp³-hybridized carbons (Fsp3) is 0.216. The summed E-state index contributed by atoms with van der Waals surface area (Å²) in [4.78, 5) is 0. The van der Waals surface area contributed by atoms with Crippen molar-refractivity contribution < 1.29 is 0 Å². The summed E-state index contributed by atoms with van der Waals surface area (Å²) in [5, 5.41) is 10.4. The zero-order chi connectivity index (χ0) is 51.4. The second-order valence-corrected chi connectivity index (χ2v) is 25.7. The Bertz CT molecular complexity index is 4100. The average molecular weight is 955 g/mol. The van der Waals surface area contributed by atoms with E-state index in [4.69, 9.17) is 0 Å². The van der Waals surface area contributed by atoms with Crippen LogP contribution in [0.4, 0.5) is 0 Å². The predicted molar refractivity (Wildman–Crippen MR) is 322 cm³/mol. The van der Waals surface area contributed by atoms with Crippen molar-refractivity contribution in [1.29, 1.82) is 0 Å². The molecule has 0 saturated heterocycles. The molecule has 0 unspecified atom stereocenters. The zero-order valence-electron chi connectivity index (χ0n) is 45.3. The van der Waals surface area contributed by atoms with Crippen molar-refractivity contribution in [3.8, 4) is 89.0 Å². The van der Waals surface area contributed by atoms with Crippen LogP contribution in [0.2, 0.25) is 0 Å². The van der Waals surface area contributed by atoms with Crippen LogP contribution < -0.4 is 0 Å². The molecule has 0 nitrogen and oxygen atoms in total. The van der Waals surface area contributed by atoms with E-state index in [0.717, 1.165) is 0 Å². The molecule has 0 fully saturated rings. The van der Waals surface area contributed by atoms with Gasteiger partial charge in [-0.3, -0.25) is 0 Å². The average Bonchev–Trinajstić information content (AvgIpc) is 3.99. The number of rotatable bonds is 4. The fourth-order valence-electron chi connectivity index (χ4n) is 12.7. The van der Waals surface area contributed by atoms with Crippen LogP contribution >= 0.6 is 0 Å². The molecule has 2 aliphatic carbocycles. The largest absolute Gasteiger partial charge is 0.0622 e. The van der Waals surface area contributed by atoms with E-state index in [1.165, 1.54) is 154 Å². The molecule has 74 heavy (non-hydrogen) atoms. The Balaban J connectivity index is 1.22. The van der Waals surface area contributed by atoms with Gasteiger partial charge in [0.2, 0.25) is 0 Å². The first kappa shape index (κ1) is 46.3. The van der Waals surface area contributed by atoms with Gasteiger partial charge in [0.15, 0.2) is 0 Å². The van der Waals surface area contributed by atoms with E-state index in [9.17, 15) is 0 Å². The quantitative estimate of drug-likeness (QED) is 0.154. The van der Waals surface area contributed by atoms with Gasteiger partial charge in [0.25, 0.3) is 0 Å². The van der Waals surface area contributed by atoms with Crippen LogP contribution in [0.25, 0.3) is 132 Å². The van der Waals surface area contributed by atoms with Crippen LogP contribution in [0, 0.1) is 0 Å². The SMILES string of the molecule is CC(C)(C)c1cc(-c2c3c(c(-c4ccccc4)c4ccccc24)-c2ccc4c5c(ccc-3c25)-c2c-4c(-c3ccccc3)c3cc4ccccc4cc3c2-c2cc(C(C)(C)C)cc(C(C)(C)C)c2)cc(C(C)(C)C)c1. The summed E-state index contributed by atoms with van der Waals surface area (Å²) in [6.07, 6.45) is 0. The van der Waals surface area contributed by atoms with Crippen molar-refractivity contribution >= 4 is 43.1 Å². The Morgan fingerprint density at radius 3 is 0.811 bits per heavy atom. The summed E-state index contributed by atoms with van der Waals surface area (Å²) in [7, 11) is 0. The lowest BCUT2D eigenvalue weighted by Gasteiger charge is -2.28. The van der Waals surface area contributed by atoms with Crippen LogP contribution in [0.3, 0.4) is 0 Å². The third kappa shape index (κ3) is 7.01. The second kappa shape index (κ2) is 16.0. The molecule has 0 heterocycles. The molecular weight excluding hydrogens is 889 g/mol. The first-order chi connectivity index (χ1) is 35.3. The number of hydrogen-bond donors (Lipinski definition) is 0. The van der Waals surface area contributed by atoms with E-state index < -0.39 is 0 Å². The first-order valence-electron chi connectivity index (χ1n) is 26.9. The van der Waals surface area contributed by atoms with E-state index >= 15 is 0 Å². The molecule has 0 N–H and O–H groups in total. The van der Waals surface area contributed by atoms with Crippen molar-refractivity contribution in [2.45, 2.75) is 105 Å². The van der Waals surface area contributed by atoms with Crippen LogP contribution in [0.15, 0.2) is 182 Å². The maximum atomic E-state index is 2.52. The molecule has 0 saturated carbocycles. The molecule has 2 aliphatic rings. The third-order valence-electron chi connectivity index (χ3n) is 16.7. The van der Waals surface area contributed by atoms with Crippen molar-refractivity contribution in [3.63, 3.8) is 0 Å². The molecule has 0 amide bonds. The van der Waals surface area contributed by atoms with Gasteiger partial charge < -0.3 is 0 Å². The highest BCUT2D eigenvalue weighted by Gasteiger charge is 2.38. The summed E-state index contributed by atoms with van der Waals surface area (Å²) in [5.74, 6) is 0. The molecule has 0 aromatic heterocycles. The Hall–Kier alpha value is -7.54. The molecule has 0 heteroatoms. The van der Waals surface area contributed by atoms with Crippen molar-refractivity contribution in [2.75, 3.05) is 0 Å².